The number of aromatic nitrogens is 3. The van der Waals surface area contributed by atoms with Crippen LogP contribution in [0.3, 0.4) is 0 Å². The summed E-state index contributed by atoms with van der Waals surface area (Å²) in [5.74, 6) is 0.392. The lowest BCUT2D eigenvalue weighted by Crippen LogP contribution is -2.04. The van der Waals surface area contributed by atoms with E-state index in [1.54, 1.807) is 34.9 Å². The Labute approximate surface area is 176 Å². The van der Waals surface area contributed by atoms with Crippen molar-refractivity contribution in [3.8, 4) is 34.0 Å². The maximum Gasteiger partial charge on any atom is 0.416 e. The van der Waals surface area contributed by atoms with Gasteiger partial charge in [0.15, 0.2) is 17.1 Å². The lowest BCUT2D eigenvalue weighted by Gasteiger charge is -2.11. The Morgan fingerprint density at radius 2 is 1.84 bits per heavy atom. The fraction of sp³-hybridized carbons (Fsp3) is 0.217. The summed E-state index contributed by atoms with van der Waals surface area (Å²) in [5, 5.41) is 10.3. The van der Waals surface area contributed by atoms with Crippen molar-refractivity contribution in [1.29, 1.82) is 0 Å². The van der Waals surface area contributed by atoms with Crippen molar-refractivity contribution in [2.45, 2.75) is 25.9 Å². The molecule has 0 amide bonds. The smallest absolute Gasteiger partial charge is 0.416 e. The van der Waals surface area contributed by atoms with Crippen molar-refractivity contribution in [1.82, 2.24) is 14.4 Å². The van der Waals surface area contributed by atoms with Gasteiger partial charge in [0.2, 0.25) is 0 Å². The van der Waals surface area contributed by atoms with Crippen molar-refractivity contribution in [3.63, 3.8) is 0 Å². The molecule has 0 saturated heterocycles. The molecule has 5 nitrogen and oxygen atoms in total. The molecule has 1 N–H and O–H groups in total. The maximum atomic E-state index is 13.1. The summed E-state index contributed by atoms with van der Waals surface area (Å²) in [6.07, 6.45) is -1.24. The summed E-state index contributed by atoms with van der Waals surface area (Å²) < 4.78 is 46.3. The van der Waals surface area contributed by atoms with Gasteiger partial charge in [-0.05, 0) is 36.2 Å². The topological polar surface area (TPSA) is 59.7 Å². The first-order chi connectivity index (χ1) is 14.7. The first-order valence-electron chi connectivity index (χ1n) is 9.62. The monoisotopic (exact) mass is 427 g/mol. The van der Waals surface area contributed by atoms with E-state index in [0.29, 0.717) is 28.2 Å². The number of imidazole rings is 1. The van der Waals surface area contributed by atoms with Gasteiger partial charge in [0, 0.05) is 17.3 Å². The van der Waals surface area contributed by atoms with Crippen LogP contribution in [0, 0.1) is 0 Å². The molecular formula is C23H20F3N3O2. The van der Waals surface area contributed by atoms with Gasteiger partial charge in [0.1, 0.15) is 0 Å². The Bertz CT molecular complexity index is 1260. The van der Waals surface area contributed by atoms with E-state index in [0.717, 1.165) is 23.5 Å². The third kappa shape index (κ3) is 3.81. The van der Waals surface area contributed by atoms with Gasteiger partial charge >= 0.3 is 6.18 Å². The number of aromatic hydroxyl groups is 1. The molecule has 0 radical (unpaired) electrons. The number of phenolic OH excluding ortho intramolecular Hbond substituents is 1. The lowest BCUT2D eigenvalue weighted by atomic mass is 10.0. The van der Waals surface area contributed by atoms with E-state index in [4.69, 9.17) is 4.74 Å². The molecule has 2 aromatic heterocycles. The number of halogens is 3. The van der Waals surface area contributed by atoms with Gasteiger partial charge < -0.3 is 9.84 Å². The Hall–Kier alpha value is -3.55. The second-order valence-corrected chi connectivity index (χ2v) is 7.47. The van der Waals surface area contributed by atoms with E-state index in [1.807, 2.05) is 13.8 Å². The highest BCUT2D eigenvalue weighted by atomic mass is 19.4. The molecule has 0 bridgehead atoms. The molecule has 31 heavy (non-hydrogen) atoms. The number of ether oxygens (including phenoxy) is 1. The molecule has 4 aromatic rings. The Morgan fingerprint density at radius 3 is 2.48 bits per heavy atom. The van der Waals surface area contributed by atoms with Crippen molar-refractivity contribution in [3.05, 3.63) is 66.1 Å². The minimum Gasteiger partial charge on any atom is -0.504 e. The van der Waals surface area contributed by atoms with Crippen LogP contribution in [0.25, 0.3) is 28.2 Å². The highest BCUT2D eigenvalue weighted by Gasteiger charge is 2.30. The van der Waals surface area contributed by atoms with Crippen LogP contribution in [0.15, 0.2) is 54.9 Å². The van der Waals surface area contributed by atoms with Gasteiger partial charge in [0.05, 0.1) is 36.0 Å². The molecule has 0 unspecified atom stereocenters. The minimum absolute atomic E-state index is 0.0168. The summed E-state index contributed by atoms with van der Waals surface area (Å²) in [7, 11) is 1.47. The van der Waals surface area contributed by atoms with Gasteiger partial charge in [-0.25, -0.2) is 4.98 Å². The number of alkyl halides is 3. The van der Waals surface area contributed by atoms with Crippen LogP contribution in [0.4, 0.5) is 13.2 Å². The molecule has 8 heteroatoms. The van der Waals surface area contributed by atoms with Crippen LogP contribution in [0.2, 0.25) is 0 Å². The number of rotatable bonds is 4. The quantitative estimate of drug-likeness (QED) is 0.439. The lowest BCUT2D eigenvalue weighted by molar-refractivity contribution is -0.137. The van der Waals surface area contributed by atoms with E-state index in [1.165, 1.54) is 19.4 Å². The molecule has 0 saturated carbocycles. The second-order valence-electron chi connectivity index (χ2n) is 7.47. The van der Waals surface area contributed by atoms with Gasteiger partial charge in [-0.3, -0.25) is 9.38 Å². The normalized spacial score (nSPS) is 12.0. The number of fused-ring (bicyclic) bond motifs is 1. The zero-order chi connectivity index (χ0) is 22.3. The number of nitrogens with zero attached hydrogens (tertiary/aromatic N) is 3. The third-order valence-corrected chi connectivity index (χ3v) is 5.02. The molecule has 160 valence electrons. The predicted octanol–water partition coefficient (Wildman–Crippen LogP) is 5.92. The first-order valence-corrected chi connectivity index (χ1v) is 9.62. The van der Waals surface area contributed by atoms with E-state index in [-0.39, 0.29) is 11.7 Å². The molecule has 0 fully saturated rings. The molecule has 0 aliphatic rings. The van der Waals surface area contributed by atoms with Crippen LogP contribution >= 0.6 is 0 Å². The van der Waals surface area contributed by atoms with Crippen LogP contribution in [-0.4, -0.2) is 26.6 Å². The van der Waals surface area contributed by atoms with E-state index in [2.05, 4.69) is 9.97 Å². The number of hydrogen-bond donors (Lipinski definition) is 1. The van der Waals surface area contributed by atoms with E-state index in [9.17, 15) is 18.3 Å². The molecular weight excluding hydrogens is 407 g/mol. The van der Waals surface area contributed by atoms with Crippen LogP contribution < -0.4 is 4.74 Å². The average molecular weight is 427 g/mol. The van der Waals surface area contributed by atoms with Crippen molar-refractivity contribution < 1.29 is 23.0 Å². The van der Waals surface area contributed by atoms with Crippen molar-refractivity contribution in [2.24, 2.45) is 0 Å². The number of hydrogen-bond acceptors (Lipinski definition) is 4. The summed E-state index contributed by atoms with van der Waals surface area (Å²) in [6.45, 7) is 3.99. The molecule has 2 heterocycles. The Balaban J connectivity index is 1.92. The third-order valence-electron chi connectivity index (χ3n) is 5.02. The first kappa shape index (κ1) is 20.7. The van der Waals surface area contributed by atoms with Gasteiger partial charge in [-0.1, -0.05) is 26.0 Å². The molecule has 0 aliphatic heterocycles. The zero-order valence-corrected chi connectivity index (χ0v) is 17.1. The highest BCUT2D eigenvalue weighted by molar-refractivity contribution is 5.72. The summed E-state index contributed by atoms with van der Waals surface area (Å²) in [5.41, 5.74) is 2.78. The summed E-state index contributed by atoms with van der Waals surface area (Å²) in [6, 6.07) is 10.1. The maximum absolute atomic E-state index is 13.1. The van der Waals surface area contributed by atoms with E-state index >= 15 is 0 Å². The van der Waals surface area contributed by atoms with Crippen LogP contribution in [0.1, 0.15) is 31.0 Å². The van der Waals surface area contributed by atoms with Gasteiger partial charge in [-0.15, -0.1) is 0 Å². The largest absolute Gasteiger partial charge is 0.504 e. The number of benzene rings is 2. The highest BCUT2D eigenvalue weighted by Crippen LogP contribution is 2.36. The number of phenols is 1. The van der Waals surface area contributed by atoms with Crippen LogP contribution in [0.5, 0.6) is 11.5 Å². The second kappa shape index (κ2) is 7.61. The standard InChI is InChI=1S/C23H20F3N3O2/c1-13(2)21-22(15-7-8-19(31-3)18(30)10-15)29-12-17(27-11-20(29)28-21)14-5-4-6-16(9-14)23(24,25)26/h4-13,30H,1-3H3. The fourth-order valence-electron chi connectivity index (χ4n) is 3.50. The Morgan fingerprint density at radius 1 is 1.06 bits per heavy atom. The zero-order valence-electron chi connectivity index (χ0n) is 17.1. The predicted molar refractivity (Wildman–Crippen MR) is 111 cm³/mol. The average Bonchev–Trinajstić information content (AvgIpc) is 3.12. The fourth-order valence-corrected chi connectivity index (χ4v) is 3.50. The Kier molecular flexibility index (Phi) is 5.08. The van der Waals surface area contributed by atoms with Crippen molar-refractivity contribution in [2.75, 3.05) is 7.11 Å². The van der Waals surface area contributed by atoms with Crippen molar-refractivity contribution >= 4 is 5.65 Å². The minimum atomic E-state index is -4.44. The summed E-state index contributed by atoms with van der Waals surface area (Å²) in [4.78, 5) is 8.99. The SMILES string of the molecule is COc1ccc(-c2c(C(C)C)nc3cnc(-c4cccc(C(F)(F)F)c4)cn23)cc1O. The molecule has 0 aliphatic carbocycles. The molecule has 0 atom stereocenters. The number of methoxy groups -OCH3 is 1. The van der Waals surface area contributed by atoms with E-state index < -0.39 is 11.7 Å². The molecule has 2 aromatic carbocycles. The van der Waals surface area contributed by atoms with Crippen LogP contribution in [-0.2, 0) is 6.18 Å². The summed E-state index contributed by atoms with van der Waals surface area (Å²) >= 11 is 0. The molecule has 0 spiro atoms. The van der Waals surface area contributed by atoms with Gasteiger partial charge in [-0.2, -0.15) is 13.2 Å². The molecule has 4 rings (SSSR count). The van der Waals surface area contributed by atoms with Gasteiger partial charge in [0.25, 0.3) is 0 Å².